The van der Waals surface area contributed by atoms with Crippen LogP contribution in [-0.2, 0) is 0 Å². The molecule has 0 aromatic heterocycles. The third-order valence-corrected chi connectivity index (χ3v) is 3.11. The monoisotopic (exact) mass is 182 g/mol. The molecule has 3 N–H and O–H groups in total. The van der Waals surface area contributed by atoms with Gasteiger partial charge in [-0.25, -0.2) is 0 Å². The van der Waals surface area contributed by atoms with Crippen LogP contribution in [0.2, 0.25) is 0 Å². The first kappa shape index (κ1) is 10.7. The Kier molecular flexibility index (Phi) is 3.14. The van der Waals surface area contributed by atoms with Gasteiger partial charge in [0, 0.05) is 18.6 Å². The maximum Gasteiger partial charge on any atom is 0.0312 e. The molecule has 0 radical (unpaired) electrons. The first-order valence-electron chi connectivity index (χ1n) is 5.10. The number of rotatable bonds is 4. The van der Waals surface area contributed by atoms with Crippen molar-refractivity contribution < 1.29 is 0 Å². The van der Waals surface area contributed by atoms with Gasteiger partial charge in [0.2, 0.25) is 0 Å². The van der Waals surface area contributed by atoms with E-state index < -0.39 is 0 Å². The number of nitrogens with two attached hydrogens (primary N) is 1. The van der Waals surface area contributed by atoms with Crippen LogP contribution in [0.4, 0.5) is 0 Å². The van der Waals surface area contributed by atoms with Crippen molar-refractivity contribution in [1.29, 1.82) is 0 Å². The molecule has 13 heavy (non-hydrogen) atoms. The van der Waals surface area contributed by atoms with Gasteiger partial charge in [-0.1, -0.05) is 19.9 Å². The Labute approximate surface area is 81.6 Å². The van der Waals surface area contributed by atoms with E-state index in [0.717, 1.165) is 13.1 Å². The van der Waals surface area contributed by atoms with E-state index in [1.807, 2.05) is 6.08 Å². The zero-order chi connectivity index (χ0) is 9.95. The summed E-state index contributed by atoms with van der Waals surface area (Å²) in [6, 6.07) is 0. The number of hydrogen-bond acceptors (Lipinski definition) is 2. The van der Waals surface area contributed by atoms with Crippen LogP contribution in [0.15, 0.2) is 12.7 Å². The Morgan fingerprint density at radius 1 is 1.46 bits per heavy atom. The van der Waals surface area contributed by atoms with Crippen LogP contribution in [0.3, 0.4) is 0 Å². The van der Waals surface area contributed by atoms with Crippen molar-refractivity contribution in [2.45, 2.75) is 38.6 Å². The minimum atomic E-state index is 0.178. The van der Waals surface area contributed by atoms with Crippen LogP contribution in [0, 0.1) is 5.41 Å². The van der Waals surface area contributed by atoms with Gasteiger partial charge in [0.1, 0.15) is 0 Å². The van der Waals surface area contributed by atoms with Crippen LogP contribution in [0.5, 0.6) is 0 Å². The highest BCUT2D eigenvalue weighted by molar-refractivity contribution is 5.01. The third-order valence-electron chi connectivity index (χ3n) is 3.11. The van der Waals surface area contributed by atoms with Crippen molar-refractivity contribution in [3.8, 4) is 0 Å². The predicted octanol–water partition coefficient (Wildman–Crippen LogP) is 1.67. The van der Waals surface area contributed by atoms with Gasteiger partial charge in [-0.15, -0.1) is 6.58 Å². The highest BCUT2D eigenvalue weighted by Gasteiger charge is 2.41. The normalized spacial score (nSPS) is 31.9. The molecule has 76 valence electrons. The lowest BCUT2D eigenvalue weighted by Crippen LogP contribution is -2.49. The van der Waals surface area contributed by atoms with Gasteiger partial charge in [-0.2, -0.15) is 0 Å². The molecular formula is C11H22N2. The Bertz CT molecular complexity index is 187. The first-order chi connectivity index (χ1) is 6.04. The summed E-state index contributed by atoms with van der Waals surface area (Å²) in [5.74, 6) is 0. The van der Waals surface area contributed by atoms with Gasteiger partial charge >= 0.3 is 0 Å². The summed E-state index contributed by atoms with van der Waals surface area (Å²) in [6.45, 7) is 9.97. The fourth-order valence-electron chi connectivity index (χ4n) is 2.36. The number of hydrogen-bond donors (Lipinski definition) is 2. The minimum Gasteiger partial charge on any atom is -0.329 e. The van der Waals surface area contributed by atoms with E-state index >= 15 is 0 Å². The average Bonchev–Trinajstić information content (AvgIpc) is 2.40. The summed E-state index contributed by atoms with van der Waals surface area (Å²) in [7, 11) is 0. The van der Waals surface area contributed by atoms with E-state index in [1.165, 1.54) is 19.3 Å². The molecule has 0 bridgehead atoms. The molecule has 0 spiro atoms. The molecule has 1 atom stereocenters. The van der Waals surface area contributed by atoms with Gasteiger partial charge < -0.3 is 11.1 Å². The van der Waals surface area contributed by atoms with Gasteiger partial charge in [0.05, 0.1) is 0 Å². The van der Waals surface area contributed by atoms with Crippen LogP contribution in [0.1, 0.15) is 33.1 Å². The van der Waals surface area contributed by atoms with Crippen molar-refractivity contribution in [2.75, 3.05) is 13.1 Å². The fourth-order valence-corrected chi connectivity index (χ4v) is 2.36. The molecule has 0 saturated heterocycles. The van der Waals surface area contributed by atoms with Gasteiger partial charge in [-0.05, 0) is 24.7 Å². The smallest absolute Gasteiger partial charge is 0.0312 e. The zero-order valence-electron chi connectivity index (χ0n) is 8.90. The van der Waals surface area contributed by atoms with Crippen LogP contribution in [0.25, 0.3) is 0 Å². The SMILES string of the molecule is C=CCNC1(CN)CCC(C)(C)C1. The molecule has 1 unspecified atom stereocenters. The van der Waals surface area contributed by atoms with Crippen molar-refractivity contribution >= 4 is 0 Å². The summed E-state index contributed by atoms with van der Waals surface area (Å²) >= 11 is 0. The van der Waals surface area contributed by atoms with Crippen molar-refractivity contribution in [3.05, 3.63) is 12.7 Å². The van der Waals surface area contributed by atoms with Crippen LogP contribution < -0.4 is 11.1 Å². The molecule has 2 nitrogen and oxygen atoms in total. The lowest BCUT2D eigenvalue weighted by molar-refractivity contribution is 0.299. The molecule has 1 aliphatic carbocycles. The fraction of sp³-hybridized carbons (Fsp3) is 0.818. The summed E-state index contributed by atoms with van der Waals surface area (Å²) in [5, 5.41) is 3.51. The highest BCUT2D eigenvalue weighted by Crippen LogP contribution is 2.42. The summed E-state index contributed by atoms with van der Waals surface area (Å²) in [5.41, 5.74) is 6.46. The standard InChI is InChI=1S/C11H22N2/c1-4-7-13-11(9-12)6-5-10(2,3)8-11/h4,13H,1,5-9,12H2,2-3H3. The molecule has 0 aliphatic heterocycles. The van der Waals surface area contributed by atoms with E-state index in [0.29, 0.717) is 5.41 Å². The van der Waals surface area contributed by atoms with E-state index in [2.05, 4.69) is 25.7 Å². The van der Waals surface area contributed by atoms with Crippen molar-refractivity contribution in [3.63, 3.8) is 0 Å². The molecule has 1 saturated carbocycles. The second-order valence-electron chi connectivity index (χ2n) is 5.00. The average molecular weight is 182 g/mol. The zero-order valence-corrected chi connectivity index (χ0v) is 8.90. The Hall–Kier alpha value is -0.340. The van der Waals surface area contributed by atoms with E-state index in [1.54, 1.807) is 0 Å². The van der Waals surface area contributed by atoms with E-state index in [-0.39, 0.29) is 5.54 Å². The lowest BCUT2D eigenvalue weighted by Gasteiger charge is -2.30. The molecule has 0 aromatic rings. The summed E-state index contributed by atoms with van der Waals surface area (Å²) in [6.07, 6.45) is 5.56. The molecule has 1 fully saturated rings. The lowest BCUT2D eigenvalue weighted by atomic mass is 9.87. The molecule has 0 aromatic carbocycles. The molecular weight excluding hydrogens is 160 g/mol. The Morgan fingerprint density at radius 3 is 2.54 bits per heavy atom. The Morgan fingerprint density at radius 2 is 2.15 bits per heavy atom. The van der Waals surface area contributed by atoms with E-state index in [9.17, 15) is 0 Å². The molecule has 0 amide bonds. The predicted molar refractivity (Wildman–Crippen MR) is 57.6 cm³/mol. The first-order valence-corrected chi connectivity index (χ1v) is 5.10. The molecule has 2 heteroatoms. The van der Waals surface area contributed by atoms with Crippen molar-refractivity contribution in [1.82, 2.24) is 5.32 Å². The summed E-state index contributed by atoms with van der Waals surface area (Å²) in [4.78, 5) is 0. The molecule has 0 heterocycles. The molecule has 1 rings (SSSR count). The van der Waals surface area contributed by atoms with Crippen molar-refractivity contribution in [2.24, 2.45) is 11.1 Å². The second-order valence-corrected chi connectivity index (χ2v) is 5.00. The Balaban J connectivity index is 2.57. The maximum absolute atomic E-state index is 5.83. The van der Waals surface area contributed by atoms with E-state index in [4.69, 9.17) is 5.73 Å². The maximum atomic E-state index is 5.83. The van der Waals surface area contributed by atoms with Crippen LogP contribution in [-0.4, -0.2) is 18.6 Å². The quantitative estimate of drug-likeness (QED) is 0.649. The topological polar surface area (TPSA) is 38.0 Å². The van der Waals surface area contributed by atoms with Gasteiger partial charge in [0.25, 0.3) is 0 Å². The minimum absolute atomic E-state index is 0.178. The van der Waals surface area contributed by atoms with Gasteiger partial charge in [0.15, 0.2) is 0 Å². The van der Waals surface area contributed by atoms with Crippen LogP contribution >= 0.6 is 0 Å². The molecule has 1 aliphatic rings. The summed E-state index contributed by atoms with van der Waals surface area (Å²) < 4.78 is 0. The second kappa shape index (κ2) is 3.81. The largest absolute Gasteiger partial charge is 0.329 e. The highest BCUT2D eigenvalue weighted by atomic mass is 15.0. The number of nitrogens with one attached hydrogen (secondary N) is 1. The van der Waals surface area contributed by atoms with Gasteiger partial charge in [-0.3, -0.25) is 0 Å². The third kappa shape index (κ3) is 2.55.